The SMILES string of the molecule is Cc1ccc(O[C@H](C)C(=O)NCc2ccc(CN3CCOCC3)cc2)cc1C. The van der Waals surface area contributed by atoms with E-state index in [4.69, 9.17) is 9.47 Å². The number of carbonyl (C=O) groups is 1. The Kier molecular flexibility index (Phi) is 7.06. The number of morpholine rings is 1. The van der Waals surface area contributed by atoms with Crippen LogP contribution in [0, 0.1) is 13.8 Å². The lowest BCUT2D eigenvalue weighted by Crippen LogP contribution is -2.36. The molecular formula is C23H30N2O3. The van der Waals surface area contributed by atoms with E-state index in [2.05, 4.69) is 41.4 Å². The van der Waals surface area contributed by atoms with Crippen LogP contribution in [0.5, 0.6) is 5.75 Å². The first-order chi connectivity index (χ1) is 13.5. The van der Waals surface area contributed by atoms with Crippen LogP contribution in [0.15, 0.2) is 42.5 Å². The van der Waals surface area contributed by atoms with E-state index in [1.807, 2.05) is 25.1 Å². The molecule has 1 atom stereocenters. The van der Waals surface area contributed by atoms with Gasteiger partial charge in [0.2, 0.25) is 0 Å². The second-order valence-corrected chi connectivity index (χ2v) is 7.43. The van der Waals surface area contributed by atoms with Gasteiger partial charge in [0.25, 0.3) is 5.91 Å². The molecule has 28 heavy (non-hydrogen) atoms. The fourth-order valence-corrected chi connectivity index (χ4v) is 3.16. The molecule has 1 heterocycles. The van der Waals surface area contributed by atoms with Gasteiger partial charge in [-0.05, 0) is 55.2 Å². The number of nitrogens with one attached hydrogen (secondary N) is 1. The van der Waals surface area contributed by atoms with Crippen molar-refractivity contribution in [1.82, 2.24) is 10.2 Å². The Bertz CT molecular complexity index is 783. The van der Waals surface area contributed by atoms with E-state index in [-0.39, 0.29) is 5.91 Å². The molecule has 0 aromatic heterocycles. The van der Waals surface area contributed by atoms with Crippen molar-refractivity contribution in [2.45, 2.75) is 40.0 Å². The predicted molar refractivity (Wildman–Crippen MR) is 110 cm³/mol. The van der Waals surface area contributed by atoms with Crippen molar-refractivity contribution in [3.05, 3.63) is 64.7 Å². The molecular weight excluding hydrogens is 352 g/mol. The summed E-state index contributed by atoms with van der Waals surface area (Å²) in [6.45, 7) is 10.9. The number of ether oxygens (including phenoxy) is 2. The fraction of sp³-hybridized carbons (Fsp3) is 0.435. The Labute approximate surface area is 167 Å². The molecule has 1 N–H and O–H groups in total. The monoisotopic (exact) mass is 382 g/mol. The maximum absolute atomic E-state index is 12.3. The maximum atomic E-state index is 12.3. The van der Waals surface area contributed by atoms with Crippen molar-refractivity contribution in [2.24, 2.45) is 0 Å². The molecule has 0 unspecified atom stereocenters. The Hall–Kier alpha value is -2.37. The molecule has 3 rings (SSSR count). The molecule has 2 aromatic rings. The summed E-state index contributed by atoms with van der Waals surface area (Å²) in [5, 5.41) is 2.95. The molecule has 150 valence electrons. The van der Waals surface area contributed by atoms with Gasteiger partial charge in [-0.3, -0.25) is 9.69 Å². The number of hydrogen-bond acceptors (Lipinski definition) is 4. The van der Waals surface area contributed by atoms with Gasteiger partial charge in [-0.2, -0.15) is 0 Å². The third-order valence-corrected chi connectivity index (χ3v) is 5.16. The third kappa shape index (κ3) is 5.81. The zero-order chi connectivity index (χ0) is 19.9. The molecule has 0 saturated carbocycles. The van der Waals surface area contributed by atoms with Gasteiger partial charge < -0.3 is 14.8 Å². The lowest BCUT2D eigenvalue weighted by atomic mass is 10.1. The predicted octanol–water partition coefficient (Wildman–Crippen LogP) is 3.22. The molecule has 0 bridgehead atoms. The minimum Gasteiger partial charge on any atom is -0.481 e. The molecule has 5 heteroatoms. The quantitative estimate of drug-likeness (QED) is 0.799. The van der Waals surface area contributed by atoms with Crippen molar-refractivity contribution in [2.75, 3.05) is 26.3 Å². The Morgan fingerprint density at radius 1 is 1.07 bits per heavy atom. The second kappa shape index (κ2) is 9.71. The number of rotatable bonds is 7. The van der Waals surface area contributed by atoms with Gasteiger partial charge in [0.1, 0.15) is 5.75 Å². The van der Waals surface area contributed by atoms with Gasteiger partial charge in [0.15, 0.2) is 6.10 Å². The summed E-state index contributed by atoms with van der Waals surface area (Å²) in [4.78, 5) is 14.7. The van der Waals surface area contributed by atoms with Crippen molar-refractivity contribution in [3.8, 4) is 5.75 Å². The first kappa shape index (κ1) is 20.4. The number of aryl methyl sites for hydroxylation is 2. The average Bonchev–Trinajstić information content (AvgIpc) is 2.71. The van der Waals surface area contributed by atoms with E-state index >= 15 is 0 Å². The van der Waals surface area contributed by atoms with E-state index in [1.165, 1.54) is 11.1 Å². The van der Waals surface area contributed by atoms with Gasteiger partial charge in [-0.15, -0.1) is 0 Å². The molecule has 0 radical (unpaired) electrons. The number of carbonyl (C=O) groups excluding carboxylic acids is 1. The molecule has 1 fully saturated rings. The van der Waals surface area contributed by atoms with Crippen molar-refractivity contribution in [3.63, 3.8) is 0 Å². The van der Waals surface area contributed by atoms with Crippen LogP contribution < -0.4 is 10.1 Å². The number of hydrogen-bond donors (Lipinski definition) is 1. The highest BCUT2D eigenvalue weighted by Gasteiger charge is 2.15. The van der Waals surface area contributed by atoms with Gasteiger partial charge >= 0.3 is 0 Å². The lowest BCUT2D eigenvalue weighted by Gasteiger charge is -2.26. The number of nitrogens with zero attached hydrogens (tertiary/aromatic N) is 1. The summed E-state index contributed by atoms with van der Waals surface area (Å²) in [5.41, 5.74) is 4.73. The van der Waals surface area contributed by atoms with E-state index in [0.717, 1.165) is 49.7 Å². The van der Waals surface area contributed by atoms with E-state index in [9.17, 15) is 4.79 Å². The normalized spacial score (nSPS) is 15.8. The average molecular weight is 383 g/mol. The fourth-order valence-electron chi connectivity index (χ4n) is 3.16. The molecule has 5 nitrogen and oxygen atoms in total. The molecule has 0 spiro atoms. The van der Waals surface area contributed by atoms with E-state index in [0.29, 0.717) is 6.54 Å². The topological polar surface area (TPSA) is 50.8 Å². The van der Waals surface area contributed by atoms with Crippen LogP contribution in [-0.2, 0) is 22.6 Å². The third-order valence-electron chi connectivity index (χ3n) is 5.16. The molecule has 0 aliphatic carbocycles. The standard InChI is InChI=1S/C23H30N2O3/c1-17-4-9-22(14-18(17)2)28-19(3)23(26)24-15-20-5-7-21(8-6-20)16-25-10-12-27-13-11-25/h4-9,14,19H,10-13,15-16H2,1-3H3,(H,24,26)/t19-/m1/s1. The summed E-state index contributed by atoms with van der Waals surface area (Å²) in [6.07, 6.45) is -0.539. The minimum absolute atomic E-state index is 0.115. The molecule has 1 amide bonds. The highest BCUT2D eigenvalue weighted by Crippen LogP contribution is 2.18. The lowest BCUT2D eigenvalue weighted by molar-refractivity contribution is -0.127. The largest absolute Gasteiger partial charge is 0.481 e. The molecule has 1 aliphatic heterocycles. The van der Waals surface area contributed by atoms with Crippen LogP contribution in [0.4, 0.5) is 0 Å². The van der Waals surface area contributed by atoms with Crippen molar-refractivity contribution >= 4 is 5.91 Å². The van der Waals surface area contributed by atoms with Gasteiger partial charge in [0, 0.05) is 26.2 Å². The summed E-state index contributed by atoms with van der Waals surface area (Å²) in [7, 11) is 0. The van der Waals surface area contributed by atoms with Crippen LogP contribution in [-0.4, -0.2) is 43.2 Å². The summed E-state index contributed by atoms with van der Waals surface area (Å²) < 4.78 is 11.2. The summed E-state index contributed by atoms with van der Waals surface area (Å²) in [6, 6.07) is 14.3. The van der Waals surface area contributed by atoms with Gasteiger partial charge in [-0.1, -0.05) is 30.3 Å². The van der Waals surface area contributed by atoms with Crippen molar-refractivity contribution < 1.29 is 14.3 Å². The maximum Gasteiger partial charge on any atom is 0.261 e. The Balaban J connectivity index is 1.46. The van der Waals surface area contributed by atoms with Crippen LogP contribution >= 0.6 is 0 Å². The van der Waals surface area contributed by atoms with E-state index in [1.54, 1.807) is 6.92 Å². The minimum atomic E-state index is -0.539. The first-order valence-electron chi connectivity index (χ1n) is 9.91. The number of amides is 1. The van der Waals surface area contributed by atoms with Crippen molar-refractivity contribution in [1.29, 1.82) is 0 Å². The molecule has 2 aromatic carbocycles. The zero-order valence-corrected chi connectivity index (χ0v) is 17.0. The Morgan fingerprint density at radius 3 is 2.43 bits per heavy atom. The highest BCUT2D eigenvalue weighted by molar-refractivity contribution is 5.80. The number of benzene rings is 2. The van der Waals surface area contributed by atoms with Crippen LogP contribution in [0.25, 0.3) is 0 Å². The second-order valence-electron chi connectivity index (χ2n) is 7.43. The van der Waals surface area contributed by atoms with Crippen LogP contribution in [0.1, 0.15) is 29.2 Å². The summed E-state index contributed by atoms with van der Waals surface area (Å²) in [5.74, 6) is 0.605. The Morgan fingerprint density at radius 2 is 1.75 bits per heavy atom. The molecule has 1 saturated heterocycles. The summed E-state index contributed by atoms with van der Waals surface area (Å²) >= 11 is 0. The van der Waals surface area contributed by atoms with Gasteiger partial charge in [0.05, 0.1) is 13.2 Å². The zero-order valence-electron chi connectivity index (χ0n) is 17.0. The first-order valence-corrected chi connectivity index (χ1v) is 9.91. The smallest absolute Gasteiger partial charge is 0.261 e. The van der Waals surface area contributed by atoms with Gasteiger partial charge in [-0.25, -0.2) is 0 Å². The van der Waals surface area contributed by atoms with E-state index < -0.39 is 6.10 Å². The van der Waals surface area contributed by atoms with Crippen LogP contribution in [0.2, 0.25) is 0 Å². The highest BCUT2D eigenvalue weighted by atomic mass is 16.5. The molecule has 1 aliphatic rings. The van der Waals surface area contributed by atoms with Crippen LogP contribution in [0.3, 0.4) is 0 Å².